The lowest BCUT2D eigenvalue weighted by molar-refractivity contribution is -0.0878. The molecule has 1 aliphatic heterocycles. The average Bonchev–Trinajstić information content (AvgIpc) is 2.82. The maximum absolute atomic E-state index is 6.21. The van der Waals surface area contributed by atoms with Crippen LogP contribution in [0.2, 0.25) is 0 Å². The second-order valence-electron chi connectivity index (χ2n) is 5.29. The zero-order valence-corrected chi connectivity index (χ0v) is 10.9. The van der Waals surface area contributed by atoms with E-state index in [4.69, 9.17) is 9.47 Å². The number of hydrogen-bond donors (Lipinski definition) is 0. The second-order valence-corrected chi connectivity index (χ2v) is 5.29. The summed E-state index contributed by atoms with van der Waals surface area (Å²) in [6.07, 6.45) is 2.00. The van der Waals surface area contributed by atoms with Crippen molar-refractivity contribution in [2.45, 2.75) is 24.5 Å². The van der Waals surface area contributed by atoms with Crippen LogP contribution in [0.15, 0.2) is 48.5 Å². The van der Waals surface area contributed by atoms with Gasteiger partial charge < -0.3 is 9.47 Å². The molecule has 0 N–H and O–H groups in total. The predicted molar refractivity (Wildman–Crippen MR) is 73.3 cm³/mol. The van der Waals surface area contributed by atoms with E-state index in [1.54, 1.807) is 7.11 Å². The van der Waals surface area contributed by atoms with Gasteiger partial charge in [-0.3, -0.25) is 0 Å². The Balaban J connectivity index is 1.93. The summed E-state index contributed by atoms with van der Waals surface area (Å²) in [7, 11) is 1.80. The Hall–Kier alpha value is -1.80. The first-order valence-electron chi connectivity index (χ1n) is 6.74. The molecule has 0 fully saturated rings. The third-order valence-electron chi connectivity index (χ3n) is 4.48. The Morgan fingerprint density at radius 2 is 1.89 bits per heavy atom. The third-order valence-corrected chi connectivity index (χ3v) is 4.48. The summed E-state index contributed by atoms with van der Waals surface area (Å²) >= 11 is 0. The summed E-state index contributed by atoms with van der Waals surface area (Å²) in [5.74, 6) is 0.964. The monoisotopic (exact) mass is 252 g/mol. The predicted octanol–water partition coefficient (Wildman–Crippen LogP) is 3.61. The molecule has 2 nitrogen and oxygen atoms in total. The van der Waals surface area contributed by atoms with Gasteiger partial charge in [-0.1, -0.05) is 42.5 Å². The molecular weight excluding hydrogens is 236 g/mol. The molecule has 0 saturated carbocycles. The number of hydrogen-bond acceptors (Lipinski definition) is 2. The molecule has 4 rings (SSSR count). The minimum Gasteiger partial charge on any atom is -0.482 e. The van der Waals surface area contributed by atoms with E-state index in [0.717, 1.165) is 18.6 Å². The van der Waals surface area contributed by atoms with Crippen LogP contribution in [0.1, 0.15) is 29.2 Å². The van der Waals surface area contributed by atoms with Crippen LogP contribution in [-0.4, -0.2) is 7.11 Å². The lowest BCUT2D eigenvalue weighted by Crippen LogP contribution is -2.38. The van der Waals surface area contributed by atoms with Crippen molar-refractivity contribution in [3.63, 3.8) is 0 Å². The van der Waals surface area contributed by atoms with Gasteiger partial charge in [-0.15, -0.1) is 0 Å². The molecule has 2 aromatic rings. The summed E-state index contributed by atoms with van der Waals surface area (Å²) < 4.78 is 12.2. The Morgan fingerprint density at radius 3 is 2.79 bits per heavy atom. The van der Waals surface area contributed by atoms with Gasteiger partial charge in [-0.05, 0) is 30.0 Å². The number of para-hydroxylation sites is 1. The molecule has 96 valence electrons. The molecule has 2 aromatic carbocycles. The molecule has 2 unspecified atom stereocenters. The van der Waals surface area contributed by atoms with Crippen LogP contribution in [0.3, 0.4) is 0 Å². The summed E-state index contributed by atoms with van der Waals surface area (Å²) in [6, 6.07) is 16.8. The lowest BCUT2D eigenvalue weighted by atomic mass is 9.75. The van der Waals surface area contributed by atoms with E-state index in [9.17, 15) is 0 Å². The quantitative estimate of drug-likeness (QED) is 0.772. The molecule has 2 heteroatoms. The average molecular weight is 252 g/mol. The van der Waals surface area contributed by atoms with E-state index in [1.807, 2.05) is 12.1 Å². The SMILES string of the molecule is COC12CCc3ccccc3C1Oc1ccccc12. The van der Waals surface area contributed by atoms with Crippen molar-refractivity contribution < 1.29 is 9.47 Å². The van der Waals surface area contributed by atoms with Crippen molar-refractivity contribution in [3.05, 3.63) is 65.2 Å². The van der Waals surface area contributed by atoms with Crippen LogP contribution < -0.4 is 4.74 Å². The highest BCUT2D eigenvalue weighted by molar-refractivity contribution is 5.49. The van der Waals surface area contributed by atoms with Crippen molar-refractivity contribution >= 4 is 0 Å². The summed E-state index contributed by atoms with van der Waals surface area (Å²) in [6.45, 7) is 0. The maximum Gasteiger partial charge on any atom is 0.157 e. The number of benzene rings is 2. The van der Waals surface area contributed by atoms with Crippen molar-refractivity contribution in [1.82, 2.24) is 0 Å². The molecule has 0 aromatic heterocycles. The Morgan fingerprint density at radius 1 is 1.11 bits per heavy atom. The first kappa shape index (κ1) is 11.1. The van der Waals surface area contributed by atoms with E-state index in [1.165, 1.54) is 16.7 Å². The largest absolute Gasteiger partial charge is 0.482 e. The number of aryl methyl sites for hydroxylation is 1. The van der Waals surface area contributed by atoms with E-state index in [2.05, 4.69) is 36.4 Å². The van der Waals surface area contributed by atoms with Crippen molar-refractivity contribution in [3.8, 4) is 5.75 Å². The topological polar surface area (TPSA) is 18.5 Å². The standard InChI is InChI=1S/C17H16O2/c1-18-17-11-10-12-6-2-3-7-13(12)16(17)19-15-9-5-4-8-14(15)17/h2-9,16H,10-11H2,1H3. The number of ether oxygens (including phenoxy) is 2. The summed E-state index contributed by atoms with van der Waals surface area (Å²) in [5, 5.41) is 0. The van der Waals surface area contributed by atoms with E-state index in [0.29, 0.717) is 0 Å². The molecule has 0 spiro atoms. The normalized spacial score (nSPS) is 27.1. The van der Waals surface area contributed by atoms with Crippen LogP contribution in [0.5, 0.6) is 5.75 Å². The Labute approximate surface area is 113 Å². The van der Waals surface area contributed by atoms with Gasteiger partial charge in [0.25, 0.3) is 0 Å². The fourth-order valence-electron chi connectivity index (χ4n) is 3.52. The zero-order chi connectivity index (χ0) is 12.9. The van der Waals surface area contributed by atoms with Gasteiger partial charge in [-0.25, -0.2) is 0 Å². The fourth-order valence-corrected chi connectivity index (χ4v) is 3.52. The number of fused-ring (bicyclic) bond motifs is 5. The molecular formula is C17H16O2. The highest BCUT2D eigenvalue weighted by Crippen LogP contribution is 2.56. The van der Waals surface area contributed by atoms with Gasteiger partial charge in [0, 0.05) is 12.7 Å². The summed E-state index contributed by atoms with van der Waals surface area (Å²) in [5.41, 5.74) is 3.53. The minimum atomic E-state index is -0.315. The molecule has 0 saturated heterocycles. The molecule has 19 heavy (non-hydrogen) atoms. The highest BCUT2D eigenvalue weighted by Gasteiger charge is 2.52. The van der Waals surface area contributed by atoms with E-state index < -0.39 is 0 Å². The maximum atomic E-state index is 6.21. The van der Waals surface area contributed by atoms with Gasteiger partial charge in [0.15, 0.2) is 6.10 Å². The van der Waals surface area contributed by atoms with E-state index in [-0.39, 0.29) is 11.7 Å². The van der Waals surface area contributed by atoms with Crippen LogP contribution in [0, 0.1) is 0 Å². The first-order valence-corrected chi connectivity index (χ1v) is 6.74. The highest BCUT2D eigenvalue weighted by atomic mass is 16.6. The minimum absolute atomic E-state index is 0.0140. The number of rotatable bonds is 1. The third kappa shape index (κ3) is 1.35. The van der Waals surface area contributed by atoms with Gasteiger partial charge in [-0.2, -0.15) is 0 Å². The Kier molecular flexibility index (Phi) is 2.24. The van der Waals surface area contributed by atoms with Crippen molar-refractivity contribution in [1.29, 1.82) is 0 Å². The molecule has 0 bridgehead atoms. The Bertz CT molecular complexity index is 635. The second kappa shape index (κ2) is 3.84. The van der Waals surface area contributed by atoms with E-state index >= 15 is 0 Å². The fraction of sp³-hybridized carbons (Fsp3) is 0.294. The molecule has 2 aliphatic rings. The van der Waals surface area contributed by atoms with Crippen LogP contribution in [-0.2, 0) is 16.8 Å². The van der Waals surface area contributed by atoms with Crippen LogP contribution >= 0.6 is 0 Å². The first-order chi connectivity index (χ1) is 9.35. The smallest absolute Gasteiger partial charge is 0.157 e. The molecule has 2 atom stereocenters. The van der Waals surface area contributed by atoms with Gasteiger partial charge in [0.2, 0.25) is 0 Å². The lowest BCUT2D eigenvalue weighted by Gasteiger charge is -2.38. The van der Waals surface area contributed by atoms with Crippen molar-refractivity contribution in [2.75, 3.05) is 7.11 Å². The zero-order valence-electron chi connectivity index (χ0n) is 10.9. The molecule has 1 aliphatic carbocycles. The molecule has 0 radical (unpaired) electrons. The summed E-state index contributed by atoms with van der Waals surface area (Å²) in [4.78, 5) is 0. The van der Waals surface area contributed by atoms with Crippen LogP contribution in [0.25, 0.3) is 0 Å². The van der Waals surface area contributed by atoms with Crippen LogP contribution in [0.4, 0.5) is 0 Å². The number of methoxy groups -OCH3 is 1. The molecule has 0 amide bonds. The van der Waals surface area contributed by atoms with Gasteiger partial charge in [0.05, 0.1) is 0 Å². The van der Waals surface area contributed by atoms with Crippen molar-refractivity contribution in [2.24, 2.45) is 0 Å². The molecule has 1 heterocycles. The van der Waals surface area contributed by atoms with Gasteiger partial charge in [0.1, 0.15) is 11.4 Å². The van der Waals surface area contributed by atoms with Gasteiger partial charge >= 0.3 is 0 Å².